The van der Waals surface area contributed by atoms with Crippen molar-refractivity contribution in [3.63, 3.8) is 0 Å². The van der Waals surface area contributed by atoms with E-state index in [1.807, 2.05) is 32.7 Å². The maximum absolute atomic E-state index is 11.8. The maximum Gasteiger partial charge on any atom is 0.248 e. The average Bonchev–Trinajstić information content (AvgIpc) is 2.62. The lowest BCUT2D eigenvalue weighted by atomic mass is 10.1. The smallest absolute Gasteiger partial charge is 0.248 e. The summed E-state index contributed by atoms with van der Waals surface area (Å²) >= 11 is 0. The highest BCUT2D eigenvalue weighted by Crippen LogP contribution is 2.16. The lowest BCUT2D eigenvalue weighted by Crippen LogP contribution is -2.35. The number of likely N-dealkylation sites (tertiary alicyclic amines) is 1. The van der Waals surface area contributed by atoms with Gasteiger partial charge in [-0.2, -0.15) is 0 Å². The van der Waals surface area contributed by atoms with E-state index in [-0.39, 0.29) is 18.1 Å². The Hall–Kier alpha value is -0.610. The van der Waals surface area contributed by atoms with Crippen LogP contribution in [0.15, 0.2) is 0 Å². The van der Waals surface area contributed by atoms with E-state index in [0.29, 0.717) is 5.92 Å². The molecule has 0 saturated carbocycles. The molecule has 0 radical (unpaired) electrons. The van der Waals surface area contributed by atoms with E-state index in [1.54, 1.807) is 0 Å². The molecule has 4 nitrogen and oxygen atoms in total. The van der Waals surface area contributed by atoms with Crippen molar-refractivity contribution in [2.45, 2.75) is 32.8 Å². The molecule has 0 bridgehead atoms. The molecule has 1 aliphatic heterocycles. The van der Waals surface area contributed by atoms with Crippen molar-refractivity contribution in [1.29, 1.82) is 0 Å². The summed E-state index contributed by atoms with van der Waals surface area (Å²) in [5, 5.41) is 3.16. The molecule has 1 aliphatic rings. The first-order valence-corrected chi connectivity index (χ1v) is 5.98. The third kappa shape index (κ3) is 4.49. The number of hydrogen-bond acceptors (Lipinski definition) is 3. The van der Waals surface area contributed by atoms with Gasteiger partial charge in [0.25, 0.3) is 0 Å². The van der Waals surface area contributed by atoms with Crippen molar-refractivity contribution in [1.82, 2.24) is 10.2 Å². The minimum Gasteiger partial charge on any atom is -0.366 e. The van der Waals surface area contributed by atoms with Crippen LogP contribution in [0.1, 0.15) is 27.2 Å². The minimum absolute atomic E-state index is 0.119. The molecule has 0 aromatic carbocycles. The third-order valence-corrected chi connectivity index (χ3v) is 2.76. The summed E-state index contributed by atoms with van der Waals surface area (Å²) in [5.41, 5.74) is -0.236. The number of rotatable bonds is 4. The summed E-state index contributed by atoms with van der Waals surface area (Å²) in [4.78, 5) is 13.7. The van der Waals surface area contributed by atoms with Crippen LogP contribution in [0.5, 0.6) is 0 Å². The molecule has 0 spiro atoms. The monoisotopic (exact) mass is 228 g/mol. The van der Waals surface area contributed by atoms with Crippen molar-refractivity contribution in [2.75, 3.05) is 33.3 Å². The summed E-state index contributed by atoms with van der Waals surface area (Å²) < 4.78 is 5.49. The number of carbonyl (C=O) groups excluding carboxylic acids is 1. The number of ether oxygens (including phenoxy) is 1. The Morgan fingerprint density at radius 1 is 1.50 bits per heavy atom. The van der Waals surface area contributed by atoms with E-state index in [1.165, 1.54) is 0 Å². The molecule has 0 aromatic rings. The summed E-state index contributed by atoms with van der Waals surface area (Å²) in [6.45, 7) is 8.84. The molecule has 0 aromatic heterocycles. The molecule has 1 unspecified atom stereocenters. The number of carbonyl (C=O) groups is 1. The highest BCUT2D eigenvalue weighted by atomic mass is 16.5. The predicted molar refractivity (Wildman–Crippen MR) is 64.3 cm³/mol. The standard InChI is InChI=1S/C12H24N2O2/c1-12(2,3)16-9-11(15)14-6-5-10(8-14)7-13-4/h10,13H,5-9H2,1-4H3. The van der Waals surface area contributed by atoms with Crippen LogP contribution in [0.3, 0.4) is 0 Å². The molecule has 16 heavy (non-hydrogen) atoms. The first kappa shape index (κ1) is 13.5. The normalized spacial score (nSPS) is 21.5. The molecule has 4 heteroatoms. The van der Waals surface area contributed by atoms with E-state index in [2.05, 4.69) is 5.32 Å². The van der Waals surface area contributed by atoms with Crippen LogP contribution in [0.2, 0.25) is 0 Å². The van der Waals surface area contributed by atoms with Crippen LogP contribution in [0, 0.1) is 5.92 Å². The van der Waals surface area contributed by atoms with Gasteiger partial charge in [-0.1, -0.05) is 0 Å². The van der Waals surface area contributed by atoms with Crippen LogP contribution >= 0.6 is 0 Å². The van der Waals surface area contributed by atoms with Gasteiger partial charge in [0.2, 0.25) is 5.91 Å². The Morgan fingerprint density at radius 2 is 2.19 bits per heavy atom. The van der Waals surface area contributed by atoms with E-state index >= 15 is 0 Å². The Bertz CT molecular complexity index is 236. The van der Waals surface area contributed by atoms with Gasteiger partial charge in [-0.15, -0.1) is 0 Å². The molecule has 1 rings (SSSR count). The van der Waals surface area contributed by atoms with E-state index in [0.717, 1.165) is 26.1 Å². The lowest BCUT2D eigenvalue weighted by molar-refractivity contribution is -0.140. The van der Waals surface area contributed by atoms with E-state index in [9.17, 15) is 4.79 Å². The molecule has 1 N–H and O–H groups in total. The van der Waals surface area contributed by atoms with E-state index in [4.69, 9.17) is 4.74 Å². The minimum atomic E-state index is -0.236. The van der Waals surface area contributed by atoms with Gasteiger partial charge in [0.1, 0.15) is 6.61 Å². The fourth-order valence-corrected chi connectivity index (χ4v) is 1.88. The van der Waals surface area contributed by atoms with Gasteiger partial charge in [0, 0.05) is 13.1 Å². The van der Waals surface area contributed by atoms with Gasteiger partial charge in [-0.05, 0) is 46.7 Å². The first-order valence-electron chi connectivity index (χ1n) is 5.98. The summed E-state index contributed by atoms with van der Waals surface area (Å²) in [6.07, 6.45) is 1.10. The summed E-state index contributed by atoms with van der Waals surface area (Å²) in [7, 11) is 1.95. The number of amides is 1. The van der Waals surface area contributed by atoms with Gasteiger partial charge < -0.3 is 15.0 Å². The van der Waals surface area contributed by atoms with Crippen LogP contribution in [-0.4, -0.2) is 49.7 Å². The van der Waals surface area contributed by atoms with Crippen LogP contribution in [0.25, 0.3) is 0 Å². The van der Waals surface area contributed by atoms with Crippen molar-refractivity contribution in [2.24, 2.45) is 5.92 Å². The second-order valence-corrected chi connectivity index (χ2v) is 5.45. The molecule has 1 heterocycles. The molecule has 1 saturated heterocycles. The van der Waals surface area contributed by atoms with Gasteiger partial charge in [0.15, 0.2) is 0 Å². The Kier molecular flexibility index (Phi) is 4.74. The molecule has 1 atom stereocenters. The molecule has 1 amide bonds. The van der Waals surface area contributed by atoms with E-state index < -0.39 is 0 Å². The summed E-state index contributed by atoms with van der Waals surface area (Å²) in [5.74, 6) is 0.720. The first-order chi connectivity index (χ1) is 7.42. The van der Waals surface area contributed by atoms with Gasteiger partial charge in [-0.25, -0.2) is 0 Å². The highest BCUT2D eigenvalue weighted by molar-refractivity contribution is 5.77. The SMILES string of the molecule is CNCC1CCN(C(=O)COC(C)(C)C)C1. The van der Waals surface area contributed by atoms with Crippen molar-refractivity contribution < 1.29 is 9.53 Å². The zero-order chi connectivity index (χ0) is 12.2. The Labute approximate surface area is 98.3 Å². The molecular formula is C12H24N2O2. The van der Waals surface area contributed by atoms with Crippen molar-refractivity contribution in [3.05, 3.63) is 0 Å². The predicted octanol–water partition coefficient (Wildman–Crippen LogP) is 0.869. The fraction of sp³-hybridized carbons (Fsp3) is 0.917. The van der Waals surface area contributed by atoms with Crippen LogP contribution < -0.4 is 5.32 Å². The largest absolute Gasteiger partial charge is 0.366 e. The second-order valence-electron chi connectivity index (χ2n) is 5.45. The second kappa shape index (κ2) is 5.64. The number of nitrogens with zero attached hydrogens (tertiary/aromatic N) is 1. The average molecular weight is 228 g/mol. The molecule has 1 fully saturated rings. The summed E-state index contributed by atoms with van der Waals surface area (Å²) in [6, 6.07) is 0. The zero-order valence-corrected chi connectivity index (χ0v) is 10.9. The van der Waals surface area contributed by atoms with Gasteiger partial charge >= 0.3 is 0 Å². The van der Waals surface area contributed by atoms with Crippen LogP contribution in [0.4, 0.5) is 0 Å². The number of nitrogens with one attached hydrogen (secondary N) is 1. The quantitative estimate of drug-likeness (QED) is 0.776. The lowest BCUT2D eigenvalue weighted by Gasteiger charge is -2.22. The zero-order valence-electron chi connectivity index (χ0n) is 10.9. The molecular weight excluding hydrogens is 204 g/mol. The van der Waals surface area contributed by atoms with Crippen molar-refractivity contribution >= 4 is 5.91 Å². The Balaban J connectivity index is 2.28. The van der Waals surface area contributed by atoms with Crippen molar-refractivity contribution in [3.8, 4) is 0 Å². The highest BCUT2D eigenvalue weighted by Gasteiger charge is 2.26. The Morgan fingerprint density at radius 3 is 2.75 bits per heavy atom. The van der Waals surface area contributed by atoms with Gasteiger partial charge in [0.05, 0.1) is 5.60 Å². The van der Waals surface area contributed by atoms with Crippen LogP contribution in [-0.2, 0) is 9.53 Å². The fourth-order valence-electron chi connectivity index (χ4n) is 1.88. The molecule has 94 valence electrons. The maximum atomic E-state index is 11.8. The number of hydrogen-bond donors (Lipinski definition) is 1. The third-order valence-electron chi connectivity index (χ3n) is 2.76. The van der Waals surface area contributed by atoms with Gasteiger partial charge in [-0.3, -0.25) is 4.79 Å². The topological polar surface area (TPSA) is 41.6 Å². The molecule has 0 aliphatic carbocycles.